The zero-order valence-corrected chi connectivity index (χ0v) is 10.0. The first-order chi connectivity index (χ1) is 8.04. The van der Waals surface area contributed by atoms with Crippen LogP contribution < -0.4 is 5.73 Å². The Morgan fingerprint density at radius 1 is 1.59 bits per heavy atom. The van der Waals surface area contributed by atoms with Crippen LogP contribution in [0.4, 0.5) is 0 Å². The monoisotopic (exact) mass is 229 g/mol. The Morgan fingerprint density at radius 3 is 2.71 bits per heavy atom. The zero-order chi connectivity index (χ0) is 12.6. The number of nitrogens with two attached hydrogens (primary N) is 1. The van der Waals surface area contributed by atoms with E-state index in [1.807, 2.05) is 26.0 Å². The summed E-state index contributed by atoms with van der Waals surface area (Å²) in [7, 11) is 0. The number of primary amides is 1. The average Bonchev–Trinajstić information content (AvgIpc) is 3.04. The Balaban J connectivity index is 2.44. The lowest BCUT2D eigenvalue weighted by Gasteiger charge is -2.06. The number of amides is 1. The number of hydrogen-bond acceptors (Lipinski definition) is 2. The molecule has 0 aliphatic heterocycles. The van der Waals surface area contributed by atoms with E-state index >= 15 is 0 Å². The van der Waals surface area contributed by atoms with Crippen molar-refractivity contribution in [1.82, 2.24) is 4.57 Å². The van der Waals surface area contributed by atoms with Crippen LogP contribution in [-0.2, 0) is 4.79 Å². The standard InChI is InChI=1S/C13H15N3O/c1-8-5-10(6-11(7-14)13(15)17)9(2)16(8)12-3-4-12/h5-6,12H,3-4H2,1-2H3,(H2,15,17)/b11-6-. The lowest BCUT2D eigenvalue weighted by Crippen LogP contribution is -2.12. The lowest BCUT2D eigenvalue weighted by molar-refractivity contribution is -0.114. The molecule has 0 spiro atoms. The van der Waals surface area contributed by atoms with Crippen LogP contribution >= 0.6 is 0 Å². The molecule has 1 fully saturated rings. The molecule has 4 heteroatoms. The second-order valence-corrected chi connectivity index (χ2v) is 4.46. The molecule has 17 heavy (non-hydrogen) atoms. The van der Waals surface area contributed by atoms with Crippen LogP contribution in [-0.4, -0.2) is 10.5 Å². The highest BCUT2D eigenvalue weighted by molar-refractivity contribution is 6.00. The second kappa shape index (κ2) is 4.10. The van der Waals surface area contributed by atoms with Crippen molar-refractivity contribution in [2.24, 2.45) is 5.73 Å². The molecule has 0 unspecified atom stereocenters. The summed E-state index contributed by atoms with van der Waals surface area (Å²) in [5.74, 6) is -0.677. The fourth-order valence-electron chi connectivity index (χ4n) is 2.16. The molecule has 1 amide bonds. The number of nitriles is 1. The summed E-state index contributed by atoms with van der Waals surface area (Å²) in [6.07, 6.45) is 3.99. The predicted molar refractivity (Wildman–Crippen MR) is 65.0 cm³/mol. The van der Waals surface area contributed by atoms with Crippen LogP contribution in [0.2, 0.25) is 0 Å². The lowest BCUT2D eigenvalue weighted by atomic mass is 10.1. The van der Waals surface area contributed by atoms with Crippen molar-refractivity contribution in [1.29, 1.82) is 5.26 Å². The van der Waals surface area contributed by atoms with E-state index < -0.39 is 5.91 Å². The summed E-state index contributed by atoms with van der Waals surface area (Å²) in [5.41, 5.74) is 8.29. The van der Waals surface area contributed by atoms with Gasteiger partial charge in [0.1, 0.15) is 11.6 Å². The minimum Gasteiger partial charge on any atom is -0.365 e. The Bertz CT molecular complexity index is 542. The largest absolute Gasteiger partial charge is 0.365 e. The van der Waals surface area contributed by atoms with Gasteiger partial charge in [-0.15, -0.1) is 0 Å². The van der Waals surface area contributed by atoms with Gasteiger partial charge in [0, 0.05) is 17.4 Å². The molecule has 0 bridgehead atoms. The van der Waals surface area contributed by atoms with Gasteiger partial charge in [-0.1, -0.05) is 0 Å². The number of aromatic nitrogens is 1. The quantitative estimate of drug-likeness (QED) is 0.634. The highest BCUT2D eigenvalue weighted by Gasteiger charge is 2.26. The first-order valence-electron chi connectivity index (χ1n) is 5.64. The Morgan fingerprint density at radius 2 is 2.24 bits per heavy atom. The maximum atomic E-state index is 11.0. The van der Waals surface area contributed by atoms with Crippen molar-refractivity contribution in [3.63, 3.8) is 0 Å². The first kappa shape index (κ1) is 11.5. The molecule has 0 radical (unpaired) electrons. The first-order valence-corrected chi connectivity index (χ1v) is 5.64. The summed E-state index contributed by atoms with van der Waals surface area (Å²) < 4.78 is 2.27. The topological polar surface area (TPSA) is 71.8 Å². The number of carbonyl (C=O) groups is 1. The van der Waals surface area contributed by atoms with Gasteiger partial charge in [-0.2, -0.15) is 5.26 Å². The van der Waals surface area contributed by atoms with Gasteiger partial charge in [-0.3, -0.25) is 4.79 Å². The Kier molecular flexibility index (Phi) is 2.76. The van der Waals surface area contributed by atoms with Crippen molar-refractivity contribution in [2.75, 3.05) is 0 Å². The molecule has 1 saturated carbocycles. The molecule has 1 heterocycles. The number of carbonyl (C=O) groups excluding carboxylic acids is 1. The molecule has 2 rings (SSSR count). The van der Waals surface area contributed by atoms with Crippen LogP contribution in [0.3, 0.4) is 0 Å². The van der Waals surface area contributed by atoms with Crippen LogP contribution in [0, 0.1) is 25.2 Å². The van der Waals surface area contributed by atoms with E-state index in [-0.39, 0.29) is 5.57 Å². The summed E-state index contributed by atoms with van der Waals surface area (Å²) in [6.45, 7) is 4.05. The number of nitrogens with zero attached hydrogens (tertiary/aromatic N) is 2. The van der Waals surface area contributed by atoms with Gasteiger partial charge >= 0.3 is 0 Å². The molecule has 0 aromatic carbocycles. The van der Waals surface area contributed by atoms with Crippen molar-refractivity contribution in [3.8, 4) is 6.07 Å². The SMILES string of the molecule is Cc1cc(/C=C(/C#N)C(N)=O)c(C)n1C1CC1. The third kappa shape index (κ3) is 2.09. The normalized spacial score (nSPS) is 15.7. The highest BCUT2D eigenvalue weighted by atomic mass is 16.1. The van der Waals surface area contributed by atoms with Crippen LogP contribution in [0.1, 0.15) is 35.8 Å². The zero-order valence-electron chi connectivity index (χ0n) is 10.0. The molecule has 0 atom stereocenters. The maximum absolute atomic E-state index is 11.0. The van der Waals surface area contributed by atoms with Crippen molar-refractivity contribution < 1.29 is 4.79 Å². The van der Waals surface area contributed by atoms with Crippen LogP contribution in [0.15, 0.2) is 11.6 Å². The molecule has 1 aliphatic carbocycles. The van der Waals surface area contributed by atoms with Gasteiger partial charge in [-0.25, -0.2) is 0 Å². The average molecular weight is 229 g/mol. The molecule has 1 aromatic heterocycles. The molecule has 1 aliphatic rings. The van der Waals surface area contributed by atoms with E-state index in [9.17, 15) is 4.79 Å². The highest BCUT2D eigenvalue weighted by Crippen LogP contribution is 2.38. The van der Waals surface area contributed by atoms with Gasteiger partial charge in [-0.05, 0) is 44.4 Å². The van der Waals surface area contributed by atoms with Crippen molar-refractivity contribution in [3.05, 3.63) is 28.6 Å². The van der Waals surface area contributed by atoms with Gasteiger partial charge < -0.3 is 10.3 Å². The Hall–Kier alpha value is -2.02. The van der Waals surface area contributed by atoms with Gasteiger partial charge in [0.15, 0.2) is 0 Å². The minimum atomic E-state index is -0.677. The third-order valence-electron chi connectivity index (χ3n) is 3.12. The summed E-state index contributed by atoms with van der Waals surface area (Å²) in [5, 5.41) is 8.82. The Labute approximate surface area is 100 Å². The predicted octanol–water partition coefficient (Wildman–Crippen LogP) is 1.83. The van der Waals surface area contributed by atoms with Crippen molar-refractivity contribution in [2.45, 2.75) is 32.7 Å². The molecular formula is C13H15N3O. The molecule has 88 valence electrons. The van der Waals surface area contributed by atoms with E-state index in [1.54, 1.807) is 6.08 Å². The van der Waals surface area contributed by atoms with Crippen LogP contribution in [0.25, 0.3) is 6.08 Å². The van der Waals surface area contributed by atoms with E-state index in [1.165, 1.54) is 12.8 Å². The second-order valence-electron chi connectivity index (χ2n) is 4.46. The van der Waals surface area contributed by atoms with Gasteiger partial charge in [0.05, 0.1) is 0 Å². The smallest absolute Gasteiger partial charge is 0.259 e. The minimum absolute atomic E-state index is 0.000969. The fourth-order valence-corrected chi connectivity index (χ4v) is 2.16. The molecule has 0 saturated heterocycles. The maximum Gasteiger partial charge on any atom is 0.259 e. The van der Waals surface area contributed by atoms with Gasteiger partial charge in [0.25, 0.3) is 5.91 Å². The van der Waals surface area contributed by atoms with E-state index in [0.29, 0.717) is 6.04 Å². The van der Waals surface area contributed by atoms with Crippen molar-refractivity contribution >= 4 is 12.0 Å². The number of hydrogen-bond donors (Lipinski definition) is 1. The third-order valence-corrected chi connectivity index (χ3v) is 3.12. The van der Waals surface area contributed by atoms with Gasteiger partial charge in [0.2, 0.25) is 0 Å². The van der Waals surface area contributed by atoms with Crippen LogP contribution in [0.5, 0.6) is 0 Å². The summed E-state index contributed by atoms with van der Waals surface area (Å²) in [4.78, 5) is 11.0. The number of aryl methyl sites for hydroxylation is 1. The summed E-state index contributed by atoms with van der Waals surface area (Å²) >= 11 is 0. The van der Waals surface area contributed by atoms with E-state index in [0.717, 1.165) is 17.0 Å². The van der Waals surface area contributed by atoms with E-state index in [4.69, 9.17) is 11.0 Å². The molecule has 2 N–H and O–H groups in total. The molecular weight excluding hydrogens is 214 g/mol. The molecule has 4 nitrogen and oxygen atoms in total. The molecule has 1 aromatic rings. The summed E-state index contributed by atoms with van der Waals surface area (Å²) in [6, 6.07) is 4.42. The number of rotatable bonds is 3. The fraction of sp³-hybridized carbons (Fsp3) is 0.385. The van der Waals surface area contributed by atoms with E-state index in [2.05, 4.69) is 4.57 Å².